The Morgan fingerprint density at radius 3 is 2.74 bits per heavy atom. The van der Waals surface area contributed by atoms with Crippen molar-refractivity contribution in [2.24, 2.45) is 0 Å². The number of rotatable bonds is 4. The van der Waals surface area contributed by atoms with Crippen molar-refractivity contribution >= 4 is 38.0 Å². The zero-order chi connectivity index (χ0) is 13.2. The molecule has 0 atom stereocenters. The van der Waals surface area contributed by atoms with Gasteiger partial charge in [0.1, 0.15) is 0 Å². The lowest BCUT2D eigenvalue weighted by atomic mass is 10.2. The highest BCUT2D eigenvalue weighted by Gasteiger charge is 2.04. The molecule has 1 aromatic carbocycles. The quantitative estimate of drug-likeness (QED) is 0.743. The lowest BCUT2D eigenvalue weighted by Crippen LogP contribution is -1.95. The van der Waals surface area contributed by atoms with Crippen molar-refractivity contribution in [3.63, 3.8) is 0 Å². The Hall–Kier alpha value is -1.39. The predicted molar refractivity (Wildman–Crippen MR) is 85.4 cm³/mol. The number of hydrogen-bond donors (Lipinski definition) is 1. The average molecular weight is 288 g/mol. The van der Waals surface area contributed by atoms with Crippen molar-refractivity contribution in [1.82, 2.24) is 4.98 Å². The molecule has 19 heavy (non-hydrogen) atoms. The number of aromatic nitrogens is 1. The van der Waals surface area contributed by atoms with Crippen molar-refractivity contribution in [1.29, 1.82) is 0 Å². The molecule has 2 aromatic heterocycles. The van der Waals surface area contributed by atoms with Crippen LogP contribution in [-0.2, 0) is 13.0 Å². The van der Waals surface area contributed by atoms with Gasteiger partial charge in [-0.2, -0.15) is 0 Å². The number of aryl methyl sites for hydroxylation is 2. The third kappa shape index (κ3) is 2.80. The summed E-state index contributed by atoms with van der Waals surface area (Å²) in [6.07, 6.45) is 1.12. The lowest BCUT2D eigenvalue weighted by molar-refractivity contribution is 1.18. The van der Waals surface area contributed by atoms with E-state index in [1.54, 1.807) is 11.3 Å². The molecule has 2 nitrogen and oxygen atoms in total. The van der Waals surface area contributed by atoms with Crippen molar-refractivity contribution in [3.05, 3.63) is 45.6 Å². The smallest absolute Gasteiger partial charge is 0.184 e. The number of nitrogens with zero attached hydrogens (tertiary/aromatic N) is 1. The second kappa shape index (κ2) is 5.31. The van der Waals surface area contributed by atoms with Crippen molar-refractivity contribution in [2.45, 2.75) is 26.8 Å². The molecular formula is C15H16N2S2. The highest BCUT2D eigenvalue weighted by atomic mass is 32.1. The minimum atomic E-state index is 0.865. The topological polar surface area (TPSA) is 24.9 Å². The predicted octanol–water partition coefficient (Wildman–Crippen LogP) is 4.84. The molecule has 0 aliphatic carbocycles. The molecule has 3 rings (SSSR count). The van der Waals surface area contributed by atoms with Gasteiger partial charge in [0.05, 0.1) is 16.8 Å². The van der Waals surface area contributed by atoms with E-state index < -0.39 is 0 Å². The molecule has 4 heteroatoms. The van der Waals surface area contributed by atoms with Gasteiger partial charge in [0.25, 0.3) is 0 Å². The zero-order valence-corrected chi connectivity index (χ0v) is 12.7. The summed E-state index contributed by atoms with van der Waals surface area (Å²) in [7, 11) is 0. The van der Waals surface area contributed by atoms with Crippen molar-refractivity contribution in [3.8, 4) is 0 Å². The fraction of sp³-hybridized carbons (Fsp3) is 0.267. The van der Waals surface area contributed by atoms with Gasteiger partial charge in [-0.05, 0) is 43.2 Å². The molecule has 0 aliphatic heterocycles. The van der Waals surface area contributed by atoms with Gasteiger partial charge in [0, 0.05) is 9.75 Å². The first-order valence-electron chi connectivity index (χ1n) is 6.43. The number of nitrogens with one attached hydrogen (secondary N) is 1. The van der Waals surface area contributed by atoms with Gasteiger partial charge in [-0.3, -0.25) is 0 Å². The summed E-state index contributed by atoms with van der Waals surface area (Å²) in [6.45, 7) is 5.17. The molecule has 0 amide bonds. The van der Waals surface area contributed by atoms with Crippen LogP contribution in [0.2, 0.25) is 0 Å². The molecule has 2 heterocycles. The van der Waals surface area contributed by atoms with E-state index in [0.29, 0.717) is 0 Å². The third-order valence-electron chi connectivity index (χ3n) is 3.02. The average Bonchev–Trinajstić information content (AvgIpc) is 3.01. The number of thiophene rings is 1. The minimum absolute atomic E-state index is 0.865. The van der Waals surface area contributed by atoms with Gasteiger partial charge in [-0.25, -0.2) is 4.98 Å². The van der Waals surface area contributed by atoms with E-state index in [0.717, 1.165) is 23.6 Å². The number of benzene rings is 1. The summed E-state index contributed by atoms with van der Waals surface area (Å²) in [4.78, 5) is 7.42. The fourth-order valence-corrected chi connectivity index (χ4v) is 3.83. The van der Waals surface area contributed by atoms with Gasteiger partial charge in [0.15, 0.2) is 5.13 Å². The normalized spacial score (nSPS) is 11.1. The van der Waals surface area contributed by atoms with Crippen LogP contribution in [0.1, 0.15) is 22.2 Å². The molecule has 98 valence electrons. The molecule has 0 bridgehead atoms. The molecule has 0 aliphatic rings. The van der Waals surface area contributed by atoms with Crippen LogP contribution in [0, 0.1) is 6.92 Å². The van der Waals surface area contributed by atoms with Gasteiger partial charge in [0.2, 0.25) is 0 Å². The standard InChI is InChI=1S/C15H16N2S2/c1-3-11-5-6-12(18-11)9-16-15-17-13-7-4-10(2)8-14(13)19-15/h4-8H,3,9H2,1-2H3,(H,16,17). The molecule has 0 saturated heterocycles. The van der Waals surface area contributed by atoms with Crippen LogP contribution in [0.3, 0.4) is 0 Å². The van der Waals surface area contributed by atoms with E-state index in [1.807, 2.05) is 11.3 Å². The maximum absolute atomic E-state index is 4.61. The van der Waals surface area contributed by atoms with E-state index in [9.17, 15) is 0 Å². The van der Waals surface area contributed by atoms with Crippen LogP contribution in [0.15, 0.2) is 30.3 Å². The Balaban J connectivity index is 1.74. The summed E-state index contributed by atoms with van der Waals surface area (Å²) in [5.74, 6) is 0. The minimum Gasteiger partial charge on any atom is -0.357 e. The Kier molecular flexibility index (Phi) is 3.53. The van der Waals surface area contributed by atoms with Crippen molar-refractivity contribution < 1.29 is 0 Å². The Morgan fingerprint density at radius 1 is 1.11 bits per heavy atom. The van der Waals surface area contributed by atoms with E-state index in [2.05, 4.69) is 54.5 Å². The van der Waals surface area contributed by atoms with Crippen LogP contribution >= 0.6 is 22.7 Å². The molecule has 0 fully saturated rings. The van der Waals surface area contributed by atoms with E-state index in [-0.39, 0.29) is 0 Å². The molecule has 0 spiro atoms. The van der Waals surface area contributed by atoms with Crippen LogP contribution in [0.25, 0.3) is 10.2 Å². The fourth-order valence-electron chi connectivity index (χ4n) is 1.98. The summed E-state index contributed by atoms with van der Waals surface area (Å²) >= 11 is 3.60. The zero-order valence-electron chi connectivity index (χ0n) is 11.1. The first-order chi connectivity index (χ1) is 9.24. The first kappa shape index (κ1) is 12.6. The third-order valence-corrected chi connectivity index (χ3v) is 5.23. The second-order valence-corrected chi connectivity index (χ2v) is 6.85. The first-order valence-corrected chi connectivity index (χ1v) is 8.06. The van der Waals surface area contributed by atoms with E-state index >= 15 is 0 Å². The monoisotopic (exact) mass is 288 g/mol. The van der Waals surface area contributed by atoms with Gasteiger partial charge in [-0.15, -0.1) is 11.3 Å². The van der Waals surface area contributed by atoms with E-state index in [1.165, 1.54) is 20.0 Å². The molecule has 3 aromatic rings. The summed E-state index contributed by atoms with van der Waals surface area (Å²) < 4.78 is 1.25. The number of fused-ring (bicyclic) bond motifs is 1. The second-order valence-electron chi connectivity index (χ2n) is 4.57. The largest absolute Gasteiger partial charge is 0.357 e. The summed E-state index contributed by atoms with van der Waals surface area (Å²) in [5, 5.41) is 4.43. The Morgan fingerprint density at radius 2 is 1.95 bits per heavy atom. The Bertz CT molecular complexity index is 697. The number of anilines is 1. The Labute approximate surface area is 121 Å². The van der Waals surface area contributed by atoms with Crippen LogP contribution < -0.4 is 5.32 Å². The number of thiazole rings is 1. The van der Waals surface area contributed by atoms with Gasteiger partial charge >= 0.3 is 0 Å². The van der Waals surface area contributed by atoms with Gasteiger partial charge < -0.3 is 5.32 Å². The maximum atomic E-state index is 4.61. The highest BCUT2D eigenvalue weighted by molar-refractivity contribution is 7.22. The molecular weight excluding hydrogens is 272 g/mol. The molecule has 0 radical (unpaired) electrons. The lowest BCUT2D eigenvalue weighted by Gasteiger charge is -1.98. The van der Waals surface area contributed by atoms with Crippen molar-refractivity contribution in [2.75, 3.05) is 5.32 Å². The molecule has 0 saturated carbocycles. The SMILES string of the molecule is CCc1ccc(CNc2nc3ccc(C)cc3s2)s1. The van der Waals surface area contributed by atoms with E-state index in [4.69, 9.17) is 0 Å². The summed E-state index contributed by atoms with van der Waals surface area (Å²) in [5.41, 5.74) is 2.37. The molecule has 1 N–H and O–H groups in total. The van der Waals surface area contributed by atoms with Crippen LogP contribution in [0.4, 0.5) is 5.13 Å². The number of hydrogen-bond acceptors (Lipinski definition) is 4. The highest BCUT2D eigenvalue weighted by Crippen LogP contribution is 2.27. The van der Waals surface area contributed by atoms with Crippen LogP contribution in [-0.4, -0.2) is 4.98 Å². The summed E-state index contributed by atoms with van der Waals surface area (Å²) in [6, 6.07) is 10.8. The van der Waals surface area contributed by atoms with Crippen LogP contribution in [0.5, 0.6) is 0 Å². The van der Waals surface area contributed by atoms with Gasteiger partial charge in [-0.1, -0.05) is 24.3 Å². The maximum Gasteiger partial charge on any atom is 0.184 e. The molecule has 0 unspecified atom stereocenters.